The molecule has 2 aliphatic heterocycles. The van der Waals surface area contributed by atoms with E-state index in [-0.39, 0.29) is 26.0 Å². The molecule has 13 nitrogen and oxygen atoms in total. The number of pyridine rings is 1. The van der Waals surface area contributed by atoms with Gasteiger partial charge >= 0.3 is 6.09 Å². The Bertz CT molecular complexity index is 1520. The average Bonchev–Trinajstić information content (AvgIpc) is 3.97. The normalized spacial score (nSPS) is 29.1. The fourth-order valence-corrected chi connectivity index (χ4v) is 8.12. The van der Waals surface area contributed by atoms with Gasteiger partial charge in [0.15, 0.2) is 0 Å². The summed E-state index contributed by atoms with van der Waals surface area (Å²) in [5.41, 5.74) is 0.000789. The van der Waals surface area contributed by atoms with E-state index in [4.69, 9.17) is 9.47 Å². The van der Waals surface area contributed by atoms with Gasteiger partial charge in [0.25, 0.3) is 5.91 Å². The molecule has 1 aromatic heterocycles. The molecule has 0 unspecified atom stereocenters. The largest absolute Gasteiger partial charge is 0.450 e. The van der Waals surface area contributed by atoms with Gasteiger partial charge in [-0.3, -0.25) is 24.1 Å². The third kappa shape index (κ3) is 8.99. The highest BCUT2D eigenvalue weighted by atomic mass is 32.2. The van der Waals surface area contributed by atoms with Crippen LogP contribution in [0, 0.1) is 11.3 Å². The molecular weight excluding hydrogens is 650 g/mol. The van der Waals surface area contributed by atoms with Gasteiger partial charge in [0, 0.05) is 37.4 Å². The number of alkyl carbamates (subject to hydrolysis) is 1. The summed E-state index contributed by atoms with van der Waals surface area (Å²) in [6.45, 7) is 9.92. The number of rotatable bonds is 6. The van der Waals surface area contributed by atoms with Gasteiger partial charge in [-0.05, 0) is 68.4 Å². The average molecular weight is 702 g/mol. The summed E-state index contributed by atoms with van der Waals surface area (Å²) in [7, 11) is -3.86. The second-order valence-electron chi connectivity index (χ2n) is 14.9. The number of carbonyl (C=O) groups is 4. The molecule has 2 aliphatic carbocycles. The summed E-state index contributed by atoms with van der Waals surface area (Å²) >= 11 is 0. The van der Waals surface area contributed by atoms with E-state index in [1.165, 1.54) is 16.5 Å². The van der Waals surface area contributed by atoms with E-state index in [9.17, 15) is 27.6 Å². The van der Waals surface area contributed by atoms with Gasteiger partial charge in [-0.1, -0.05) is 45.8 Å². The molecular formula is C35H51N5O8S. The molecule has 0 spiro atoms. The Hall–Kier alpha value is -3.52. The number of hydrogen-bond donors (Lipinski definition) is 3. The first-order valence-corrected chi connectivity index (χ1v) is 19.1. The van der Waals surface area contributed by atoms with E-state index in [1.807, 2.05) is 26.8 Å². The van der Waals surface area contributed by atoms with Crippen molar-refractivity contribution in [3.05, 3.63) is 42.2 Å². The molecule has 0 aromatic carbocycles. The standard InChI is InChI=1S/C35H51N5O8S/c1-5-24-21-35(24,32(43)39-49(45,46)26-15-16-26)38-30(41)28-20-25-22-40(28)31(42)29(34(2,3)4)37-33(44)48-18-9-7-6-8-14-27-23(12-10-17-36-27)13-11-19-47-25/h5,10,12,17,24-26,28-29H,1,6-9,11,13-16,18-22H2,2-4H3,(H,37,44)(H,38,41)(H,39,43)/t24-,25+,28-,29+,35-/m0/s1. The quantitative estimate of drug-likeness (QED) is 0.377. The van der Waals surface area contributed by atoms with E-state index >= 15 is 0 Å². The lowest BCUT2D eigenvalue weighted by Gasteiger charge is -2.35. The van der Waals surface area contributed by atoms with Gasteiger partial charge in [0.05, 0.1) is 18.0 Å². The van der Waals surface area contributed by atoms with Crippen molar-refractivity contribution in [1.29, 1.82) is 0 Å². The molecule has 4 aliphatic rings. The zero-order chi connectivity index (χ0) is 35.4. The van der Waals surface area contributed by atoms with Crippen molar-refractivity contribution < 1.29 is 37.1 Å². The second kappa shape index (κ2) is 15.2. The Kier molecular flexibility index (Phi) is 11.4. The Morgan fingerprint density at radius 1 is 1.10 bits per heavy atom. The van der Waals surface area contributed by atoms with Crippen molar-refractivity contribution in [1.82, 2.24) is 25.2 Å². The molecule has 1 saturated heterocycles. The minimum absolute atomic E-state index is 0.0957. The molecule has 3 heterocycles. The number of amides is 4. The molecule has 2 bridgehead atoms. The zero-order valence-corrected chi connectivity index (χ0v) is 29.7. The van der Waals surface area contributed by atoms with Crippen LogP contribution in [0.1, 0.15) is 89.8 Å². The molecule has 0 radical (unpaired) electrons. The van der Waals surface area contributed by atoms with E-state index in [0.717, 1.165) is 44.2 Å². The predicted molar refractivity (Wildman–Crippen MR) is 182 cm³/mol. The summed E-state index contributed by atoms with van der Waals surface area (Å²) in [4.78, 5) is 60.6. The van der Waals surface area contributed by atoms with Crippen LogP contribution in [0.4, 0.5) is 4.79 Å². The van der Waals surface area contributed by atoms with Gasteiger partial charge in [-0.25, -0.2) is 13.2 Å². The van der Waals surface area contributed by atoms with Crippen molar-refractivity contribution in [3.63, 3.8) is 0 Å². The summed E-state index contributed by atoms with van der Waals surface area (Å²) in [5, 5.41) is 4.93. The molecule has 5 rings (SSSR count). The first-order chi connectivity index (χ1) is 23.2. The highest BCUT2D eigenvalue weighted by molar-refractivity contribution is 7.91. The lowest BCUT2D eigenvalue weighted by Crippen LogP contribution is -2.60. The van der Waals surface area contributed by atoms with E-state index < -0.39 is 74.1 Å². The van der Waals surface area contributed by atoms with Gasteiger partial charge in [-0.2, -0.15) is 0 Å². The fourth-order valence-electron chi connectivity index (χ4n) is 6.75. The third-order valence-corrected chi connectivity index (χ3v) is 11.8. The summed E-state index contributed by atoms with van der Waals surface area (Å²) in [6, 6.07) is 1.96. The van der Waals surface area contributed by atoms with Crippen LogP contribution in [-0.4, -0.2) is 90.9 Å². The Morgan fingerprint density at radius 2 is 1.86 bits per heavy atom. The first kappa shape index (κ1) is 36.8. The maximum Gasteiger partial charge on any atom is 0.407 e. The Balaban J connectivity index is 1.36. The number of nitrogens with one attached hydrogen (secondary N) is 3. The van der Waals surface area contributed by atoms with Crippen LogP contribution in [0.2, 0.25) is 0 Å². The van der Waals surface area contributed by atoms with Crippen LogP contribution in [0.5, 0.6) is 0 Å². The van der Waals surface area contributed by atoms with Gasteiger partial charge in [-0.15, -0.1) is 6.58 Å². The Morgan fingerprint density at radius 3 is 2.55 bits per heavy atom. The van der Waals surface area contributed by atoms with Gasteiger partial charge < -0.3 is 25.0 Å². The molecule has 3 fully saturated rings. The van der Waals surface area contributed by atoms with Crippen LogP contribution in [0.15, 0.2) is 31.0 Å². The second-order valence-corrected chi connectivity index (χ2v) is 16.8. The lowest BCUT2D eigenvalue weighted by molar-refractivity contribution is -0.143. The minimum Gasteiger partial charge on any atom is -0.450 e. The Labute approximate surface area is 289 Å². The summed E-state index contributed by atoms with van der Waals surface area (Å²) in [5.74, 6) is -2.36. The SMILES string of the molecule is C=C[C@H]1C[C@@]1(NC(=O)[C@@H]1C[C@@H]2CN1C(=O)[C@H](C(C)(C)C)NC(=O)OCCCCCCc1ncccc1CCCO2)C(=O)NS(=O)(=O)C1CC1. The van der Waals surface area contributed by atoms with Crippen LogP contribution in [0.3, 0.4) is 0 Å². The third-order valence-electron chi connectivity index (χ3n) is 9.94. The van der Waals surface area contributed by atoms with Crippen LogP contribution in [-0.2, 0) is 46.7 Å². The van der Waals surface area contributed by atoms with Crippen LogP contribution < -0.4 is 15.4 Å². The molecule has 4 amide bonds. The smallest absolute Gasteiger partial charge is 0.407 e. The number of aryl methyl sites for hydroxylation is 2. The van der Waals surface area contributed by atoms with Gasteiger partial charge in [0.2, 0.25) is 21.8 Å². The molecule has 5 atom stereocenters. The van der Waals surface area contributed by atoms with Crippen molar-refractivity contribution in [2.75, 3.05) is 19.8 Å². The number of hydrogen-bond acceptors (Lipinski definition) is 9. The van der Waals surface area contributed by atoms with Crippen molar-refractivity contribution in [3.8, 4) is 0 Å². The molecule has 270 valence electrons. The van der Waals surface area contributed by atoms with Crippen molar-refractivity contribution >= 4 is 33.8 Å². The number of carbonyl (C=O) groups excluding carboxylic acids is 4. The highest BCUT2D eigenvalue weighted by Gasteiger charge is 2.62. The fraction of sp³-hybridized carbons (Fsp3) is 0.686. The molecule has 14 heteroatoms. The summed E-state index contributed by atoms with van der Waals surface area (Å²) < 4.78 is 39.1. The number of cyclic esters (lactones) is 1. The first-order valence-electron chi connectivity index (χ1n) is 17.5. The van der Waals surface area contributed by atoms with Crippen molar-refractivity contribution in [2.24, 2.45) is 11.3 Å². The number of nitrogens with zero attached hydrogens (tertiary/aromatic N) is 2. The van der Waals surface area contributed by atoms with E-state index in [1.54, 1.807) is 6.20 Å². The molecule has 2 saturated carbocycles. The summed E-state index contributed by atoms with van der Waals surface area (Å²) in [6.07, 6.45) is 9.31. The van der Waals surface area contributed by atoms with Crippen LogP contribution in [0.25, 0.3) is 0 Å². The lowest BCUT2D eigenvalue weighted by atomic mass is 9.85. The molecule has 49 heavy (non-hydrogen) atoms. The predicted octanol–water partition coefficient (Wildman–Crippen LogP) is 2.93. The zero-order valence-electron chi connectivity index (χ0n) is 28.9. The number of aromatic nitrogens is 1. The maximum absolute atomic E-state index is 14.3. The minimum atomic E-state index is -3.86. The topological polar surface area (TPSA) is 173 Å². The van der Waals surface area contributed by atoms with Gasteiger partial charge in [0.1, 0.15) is 17.6 Å². The van der Waals surface area contributed by atoms with Crippen molar-refractivity contribution in [2.45, 2.75) is 120 Å². The molecule has 3 N–H and O–H groups in total. The van der Waals surface area contributed by atoms with Crippen LogP contribution >= 0.6 is 0 Å². The monoisotopic (exact) mass is 701 g/mol. The highest BCUT2D eigenvalue weighted by Crippen LogP contribution is 2.45. The molecule has 1 aromatic rings. The number of sulfonamides is 1. The number of fused-ring (bicyclic) bond motifs is 3. The van der Waals surface area contributed by atoms with E-state index in [2.05, 4.69) is 33.0 Å². The maximum atomic E-state index is 14.3. The number of ether oxygens (including phenoxy) is 2. The van der Waals surface area contributed by atoms with E-state index in [0.29, 0.717) is 25.9 Å².